The second-order valence-corrected chi connectivity index (χ2v) is 7.76. The van der Waals surface area contributed by atoms with Crippen LogP contribution in [0.2, 0.25) is 0 Å². The molecular formula is C22H24N2O4S. The lowest BCUT2D eigenvalue weighted by atomic mass is 10.1. The molecule has 0 aliphatic carbocycles. The van der Waals surface area contributed by atoms with Crippen LogP contribution in [0, 0.1) is 13.8 Å². The van der Waals surface area contributed by atoms with Gasteiger partial charge in [0.1, 0.15) is 0 Å². The maximum absolute atomic E-state index is 12.5. The third-order valence-electron chi connectivity index (χ3n) is 4.36. The van der Waals surface area contributed by atoms with Gasteiger partial charge in [0.2, 0.25) is 0 Å². The lowest BCUT2D eigenvalue weighted by Crippen LogP contribution is -2.20. The highest BCUT2D eigenvalue weighted by Gasteiger charge is 2.21. The molecule has 6 nitrogen and oxygen atoms in total. The summed E-state index contributed by atoms with van der Waals surface area (Å²) in [4.78, 5) is 25.0. The van der Waals surface area contributed by atoms with E-state index in [1.165, 1.54) is 18.4 Å². The average Bonchev–Trinajstić information content (AvgIpc) is 3.06. The molecule has 0 radical (unpaired) electrons. The quantitative estimate of drug-likeness (QED) is 0.506. The zero-order chi connectivity index (χ0) is 21.0. The molecule has 2 aromatic carbocycles. The number of carbonyl (C=O) groups is 2. The Morgan fingerprint density at radius 3 is 2.59 bits per heavy atom. The lowest BCUT2D eigenvalue weighted by molar-refractivity contribution is 0.0602. The Labute approximate surface area is 173 Å². The first-order chi connectivity index (χ1) is 13.9. The minimum Gasteiger partial charge on any atom is -0.491 e. The first-order valence-electron chi connectivity index (χ1n) is 9.35. The predicted molar refractivity (Wildman–Crippen MR) is 118 cm³/mol. The second-order valence-electron chi connectivity index (χ2n) is 6.71. The SMILES string of the molecule is CCCOc1c(C(=O)OC)sc2ccc(NC(=O)Nc3cc(C)ccc3C)cc12. The second kappa shape index (κ2) is 8.96. The molecule has 29 heavy (non-hydrogen) atoms. The fourth-order valence-electron chi connectivity index (χ4n) is 2.88. The normalized spacial score (nSPS) is 10.6. The molecule has 0 spiro atoms. The molecule has 2 N–H and O–H groups in total. The molecule has 0 bridgehead atoms. The van der Waals surface area contributed by atoms with Gasteiger partial charge >= 0.3 is 12.0 Å². The van der Waals surface area contributed by atoms with Crippen molar-refractivity contribution in [3.63, 3.8) is 0 Å². The molecule has 0 atom stereocenters. The van der Waals surface area contributed by atoms with Gasteiger partial charge < -0.3 is 20.1 Å². The summed E-state index contributed by atoms with van der Waals surface area (Å²) < 4.78 is 11.6. The number of fused-ring (bicyclic) bond motifs is 1. The van der Waals surface area contributed by atoms with Crippen LogP contribution in [-0.2, 0) is 4.74 Å². The van der Waals surface area contributed by atoms with Crippen LogP contribution in [0.3, 0.4) is 0 Å². The van der Waals surface area contributed by atoms with E-state index in [2.05, 4.69) is 10.6 Å². The van der Waals surface area contributed by atoms with Crippen LogP contribution in [-0.4, -0.2) is 25.7 Å². The molecule has 0 fully saturated rings. The lowest BCUT2D eigenvalue weighted by Gasteiger charge is -2.11. The molecule has 1 aromatic heterocycles. The number of methoxy groups -OCH3 is 1. The predicted octanol–water partition coefficient (Wildman–Crippen LogP) is 5.74. The van der Waals surface area contributed by atoms with Crippen molar-refractivity contribution in [2.75, 3.05) is 24.4 Å². The summed E-state index contributed by atoms with van der Waals surface area (Å²) in [6, 6.07) is 11.0. The van der Waals surface area contributed by atoms with Crippen LogP contribution in [0.15, 0.2) is 36.4 Å². The summed E-state index contributed by atoms with van der Waals surface area (Å²) in [6.07, 6.45) is 0.814. The summed E-state index contributed by atoms with van der Waals surface area (Å²) in [6.45, 7) is 6.40. The molecule has 7 heteroatoms. The maximum atomic E-state index is 12.5. The molecule has 3 rings (SSSR count). The van der Waals surface area contributed by atoms with Crippen LogP contribution >= 0.6 is 11.3 Å². The van der Waals surface area contributed by atoms with Gasteiger partial charge in [-0.05, 0) is 55.7 Å². The van der Waals surface area contributed by atoms with E-state index in [-0.39, 0.29) is 6.03 Å². The van der Waals surface area contributed by atoms with Crippen molar-refractivity contribution in [3.8, 4) is 5.75 Å². The van der Waals surface area contributed by atoms with Gasteiger partial charge in [-0.2, -0.15) is 0 Å². The number of amides is 2. The van der Waals surface area contributed by atoms with Gasteiger partial charge in [0.15, 0.2) is 10.6 Å². The van der Waals surface area contributed by atoms with E-state index in [1.807, 2.05) is 51.1 Å². The Morgan fingerprint density at radius 1 is 1.07 bits per heavy atom. The van der Waals surface area contributed by atoms with Gasteiger partial charge in [0, 0.05) is 21.5 Å². The number of nitrogens with one attached hydrogen (secondary N) is 2. The fraction of sp³-hybridized carbons (Fsp3) is 0.273. The standard InChI is InChI=1S/C22H24N2O4S/c1-5-10-28-19-16-12-15(8-9-18(16)29-20(19)21(25)27-4)23-22(26)24-17-11-13(2)6-7-14(17)3/h6-9,11-12H,5,10H2,1-4H3,(H2,23,24,26). The number of urea groups is 1. The molecule has 0 saturated carbocycles. The first-order valence-corrected chi connectivity index (χ1v) is 10.2. The Hall–Kier alpha value is -3.06. The van der Waals surface area contributed by atoms with Crippen molar-refractivity contribution in [1.82, 2.24) is 0 Å². The van der Waals surface area contributed by atoms with E-state index >= 15 is 0 Å². The van der Waals surface area contributed by atoms with Crippen LogP contribution in [0.5, 0.6) is 5.75 Å². The van der Waals surface area contributed by atoms with Crippen molar-refractivity contribution >= 4 is 44.8 Å². The van der Waals surface area contributed by atoms with Gasteiger partial charge in [0.25, 0.3) is 0 Å². The van der Waals surface area contributed by atoms with Crippen LogP contribution in [0.1, 0.15) is 34.1 Å². The Bertz CT molecular complexity index is 1060. The third kappa shape index (κ3) is 4.68. The van der Waals surface area contributed by atoms with E-state index in [4.69, 9.17) is 9.47 Å². The topological polar surface area (TPSA) is 76.7 Å². The molecule has 0 aliphatic rings. The molecule has 2 amide bonds. The number of carbonyl (C=O) groups excluding carboxylic acids is 2. The van der Waals surface area contributed by atoms with Crippen molar-refractivity contribution in [2.45, 2.75) is 27.2 Å². The summed E-state index contributed by atoms with van der Waals surface area (Å²) in [7, 11) is 1.35. The van der Waals surface area contributed by atoms with Gasteiger partial charge in [-0.25, -0.2) is 9.59 Å². The number of ether oxygens (including phenoxy) is 2. The van der Waals surface area contributed by atoms with Crippen LogP contribution in [0.4, 0.5) is 16.2 Å². The van der Waals surface area contributed by atoms with Gasteiger partial charge in [-0.1, -0.05) is 19.1 Å². The van der Waals surface area contributed by atoms with Crippen LogP contribution < -0.4 is 15.4 Å². The number of esters is 1. The van der Waals surface area contributed by atoms with Crippen molar-refractivity contribution in [2.24, 2.45) is 0 Å². The average molecular weight is 413 g/mol. The van der Waals surface area contributed by atoms with E-state index in [0.717, 1.165) is 33.3 Å². The maximum Gasteiger partial charge on any atom is 0.351 e. The Morgan fingerprint density at radius 2 is 1.86 bits per heavy atom. The summed E-state index contributed by atoms with van der Waals surface area (Å²) in [5.74, 6) is 0.0664. The largest absolute Gasteiger partial charge is 0.491 e. The molecule has 152 valence electrons. The summed E-state index contributed by atoms with van der Waals surface area (Å²) in [5.41, 5.74) is 3.42. The molecule has 0 aliphatic heterocycles. The minimum atomic E-state index is -0.431. The minimum absolute atomic E-state index is 0.336. The zero-order valence-electron chi connectivity index (χ0n) is 16.9. The number of hydrogen-bond acceptors (Lipinski definition) is 5. The smallest absolute Gasteiger partial charge is 0.351 e. The number of aryl methyl sites for hydroxylation is 2. The molecule has 0 saturated heterocycles. The number of hydrogen-bond donors (Lipinski definition) is 2. The van der Waals surface area contributed by atoms with E-state index in [9.17, 15) is 9.59 Å². The number of anilines is 2. The highest BCUT2D eigenvalue weighted by molar-refractivity contribution is 7.21. The number of rotatable bonds is 6. The van der Waals surface area contributed by atoms with Gasteiger partial charge in [0.05, 0.1) is 13.7 Å². The van der Waals surface area contributed by atoms with E-state index < -0.39 is 5.97 Å². The summed E-state index contributed by atoms with van der Waals surface area (Å²) >= 11 is 1.31. The monoisotopic (exact) mass is 412 g/mol. The molecular weight excluding hydrogens is 388 g/mol. The molecule has 1 heterocycles. The molecule has 3 aromatic rings. The van der Waals surface area contributed by atoms with Crippen LogP contribution in [0.25, 0.3) is 10.1 Å². The van der Waals surface area contributed by atoms with Gasteiger partial charge in [-0.15, -0.1) is 11.3 Å². The van der Waals surface area contributed by atoms with Gasteiger partial charge in [-0.3, -0.25) is 0 Å². The highest BCUT2D eigenvalue weighted by atomic mass is 32.1. The summed E-state index contributed by atoms with van der Waals surface area (Å²) in [5, 5.41) is 6.50. The Kier molecular flexibility index (Phi) is 6.39. The highest BCUT2D eigenvalue weighted by Crippen LogP contribution is 2.39. The molecule has 0 unspecified atom stereocenters. The Balaban J connectivity index is 1.87. The van der Waals surface area contributed by atoms with Crippen molar-refractivity contribution < 1.29 is 19.1 Å². The van der Waals surface area contributed by atoms with E-state index in [0.29, 0.717) is 22.9 Å². The zero-order valence-corrected chi connectivity index (χ0v) is 17.7. The van der Waals surface area contributed by atoms with Crippen molar-refractivity contribution in [1.29, 1.82) is 0 Å². The van der Waals surface area contributed by atoms with E-state index in [1.54, 1.807) is 6.07 Å². The third-order valence-corrected chi connectivity index (χ3v) is 5.49. The van der Waals surface area contributed by atoms with Crippen molar-refractivity contribution in [3.05, 3.63) is 52.4 Å². The first kappa shape index (κ1) is 20.7. The fourth-order valence-corrected chi connectivity index (χ4v) is 3.93. The number of thiophene rings is 1. The number of benzene rings is 2.